The van der Waals surface area contributed by atoms with E-state index in [-0.39, 0.29) is 18.5 Å². The van der Waals surface area contributed by atoms with Crippen LogP contribution in [0.4, 0.5) is 5.69 Å². The molecule has 1 amide bonds. The lowest BCUT2D eigenvalue weighted by molar-refractivity contribution is 0.0950. The minimum atomic E-state index is -0.201. The molecule has 3 aromatic rings. The summed E-state index contributed by atoms with van der Waals surface area (Å²) < 4.78 is 7.23. The zero-order chi connectivity index (χ0) is 26.9. The second-order valence-corrected chi connectivity index (χ2v) is 11.0. The van der Waals surface area contributed by atoms with E-state index in [9.17, 15) is 4.79 Å². The number of methoxy groups -OCH3 is 1. The molecule has 2 N–H and O–H groups in total. The van der Waals surface area contributed by atoms with Crippen LogP contribution in [0.5, 0.6) is 5.88 Å². The molecule has 1 aliphatic carbocycles. The molecule has 2 heterocycles. The Morgan fingerprint density at radius 2 is 1.89 bits per heavy atom. The van der Waals surface area contributed by atoms with Gasteiger partial charge in [0.15, 0.2) is 5.65 Å². The van der Waals surface area contributed by atoms with Crippen molar-refractivity contribution in [1.29, 1.82) is 0 Å². The van der Waals surface area contributed by atoms with Crippen molar-refractivity contribution in [2.24, 2.45) is 5.92 Å². The van der Waals surface area contributed by atoms with Crippen LogP contribution in [-0.4, -0.2) is 58.7 Å². The maximum Gasteiger partial charge on any atom is 0.251 e. The van der Waals surface area contributed by atoms with Crippen LogP contribution >= 0.6 is 11.6 Å². The molecule has 1 saturated carbocycles. The molecule has 4 rings (SSSR count). The fourth-order valence-electron chi connectivity index (χ4n) is 5.47. The summed E-state index contributed by atoms with van der Waals surface area (Å²) in [4.78, 5) is 20.3. The van der Waals surface area contributed by atoms with Gasteiger partial charge in [0.25, 0.3) is 5.91 Å². The predicted octanol–water partition coefficient (Wildman–Crippen LogP) is 5.17. The number of aromatic nitrogens is 3. The SMILES string of the molecule is COc1nn2c(C)cc(C)nc2c1CNC(=O)c1cc(Cl)cc(NC(C)[C@H]2CC[C@H](N(C)C)CC2)c1C. The first kappa shape index (κ1) is 27.2. The Bertz CT molecular complexity index is 1280. The van der Waals surface area contributed by atoms with Crippen LogP contribution in [0.15, 0.2) is 18.2 Å². The summed E-state index contributed by atoms with van der Waals surface area (Å²) in [7, 11) is 5.90. The van der Waals surface area contributed by atoms with Crippen LogP contribution in [0.2, 0.25) is 5.02 Å². The Kier molecular flexibility index (Phi) is 8.29. The molecule has 1 fully saturated rings. The first-order valence-electron chi connectivity index (χ1n) is 13.0. The molecule has 0 aliphatic heterocycles. The van der Waals surface area contributed by atoms with Crippen LogP contribution in [0.25, 0.3) is 5.65 Å². The van der Waals surface area contributed by atoms with Gasteiger partial charge in [-0.15, -0.1) is 5.10 Å². The van der Waals surface area contributed by atoms with Gasteiger partial charge in [-0.3, -0.25) is 4.79 Å². The molecular formula is C28H39ClN6O2. The zero-order valence-electron chi connectivity index (χ0n) is 23.0. The average molecular weight is 527 g/mol. The third-order valence-corrected chi connectivity index (χ3v) is 7.97. The highest BCUT2D eigenvalue weighted by molar-refractivity contribution is 6.31. The zero-order valence-corrected chi connectivity index (χ0v) is 23.7. The number of amides is 1. The summed E-state index contributed by atoms with van der Waals surface area (Å²) in [5.74, 6) is 0.840. The number of benzene rings is 1. The molecule has 8 nitrogen and oxygen atoms in total. The Balaban J connectivity index is 1.49. The van der Waals surface area contributed by atoms with E-state index >= 15 is 0 Å². The minimum absolute atomic E-state index is 0.201. The van der Waals surface area contributed by atoms with Crippen molar-refractivity contribution in [2.45, 2.75) is 72.0 Å². The van der Waals surface area contributed by atoms with E-state index in [1.54, 1.807) is 17.7 Å². The quantitative estimate of drug-likeness (QED) is 0.421. The highest BCUT2D eigenvalue weighted by Gasteiger charge is 2.27. The van der Waals surface area contributed by atoms with Crippen LogP contribution in [0.3, 0.4) is 0 Å². The second kappa shape index (κ2) is 11.3. The van der Waals surface area contributed by atoms with Crippen molar-refractivity contribution >= 4 is 28.8 Å². The number of nitrogens with one attached hydrogen (secondary N) is 2. The van der Waals surface area contributed by atoms with Crippen LogP contribution in [-0.2, 0) is 6.54 Å². The number of fused-ring (bicyclic) bond motifs is 1. The molecule has 1 unspecified atom stereocenters. The number of ether oxygens (including phenoxy) is 1. The number of aryl methyl sites for hydroxylation is 2. The number of halogens is 1. The molecule has 37 heavy (non-hydrogen) atoms. The molecule has 0 saturated heterocycles. The van der Waals surface area contributed by atoms with Crippen molar-refractivity contribution in [1.82, 2.24) is 24.8 Å². The fraction of sp³-hybridized carbons (Fsp3) is 0.536. The maximum absolute atomic E-state index is 13.3. The van der Waals surface area contributed by atoms with Crippen molar-refractivity contribution in [3.63, 3.8) is 0 Å². The molecule has 200 valence electrons. The van der Waals surface area contributed by atoms with E-state index in [1.165, 1.54) is 25.7 Å². The van der Waals surface area contributed by atoms with Gasteiger partial charge >= 0.3 is 0 Å². The molecule has 1 atom stereocenters. The Hall–Kier alpha value is -2.84. The van der Waals surface area contributed by atoms with Crippen molar-refractivity contribution in [3.05, 3.63) is 51.3 Å². The number of carbonyl (C=O) groups is 1. The van der Waals surface area contributed by atoms with Gasteiger partial charge in [0, 0.05) is 39.7 Å². The number of anilines is 1. The van der Waals surface area contributed by atoms with E-state index in [0.29, 0.717) is 34.1 Å². The number of carbonyl (C=O) groups excluding carboxylic acids is 1. The van der Waals surface area contributed by atoms with Gasteiger partial charge in [0.2, 0.25) is 5.88 Å². The second-order valence-electron chi connectivity index (χ2n) is 10.5. The lowest BCUT2D eigenvalue weighted by Gasteiger charge is -2.36. The van der Waals surface area contributed by atoms with Gasteiger partial charge in [-0.25, -0.2) is 9.50 Å². The normalized spacial score (nSPS) is 18.7. The lowest BCUT2D eigenvalue weighted by Crippen LogP contribution is -2.36. The maximum atomic E-state index is 13.3. The first-order chi connectivity index (χ1) is 17.6. The van der Waals surface area contributed by atoms with Gasteiger partial charge in [0.05, 0.1) is 19.2 Å². The number of rotatable bonds is 8. The molecule has 0 radical (unpaired) electrons. The summed E-state index contributed by atoms with van der Waals surface area (Å²) in [6.45, 7) is 8.34. The molecule has 0 bridgehead atoms. The topological polar surface area (TPSA) is 83.8 Å². The fourth-order valence-corrected chi connectivity index (χ4v) is 5.69. The van der Waals surface area contributed by atoms with Gasteiger partial charge in [-0.05, 0) is 97.2 Å². The first-order valence-corrected chi connectivity index (χ1v) is 13.4. The van der Waals surface area contributed by atoms with E-state index < -0.39 is 0 Å². The molecule has 9 heteroatoms. The molecule has 1 aromatic carbocycles. The summed E-state index contributed by atoms with van der Waals surface area (Å²) in [5.41, 5.74) is 5.58. The van der Waals surface area contributed by atoms with E-state index in [1.807, 2.05) is 32.9 Å². The van der Waals surface area contributed by atoms with Crippen molar-refractivity contribution < 1.29 is 9.53 Å². The standard InChI is InChI=1S/C28H39ClN6O2/c1-16-12-17(2)35-26(31-16)24(28(33-35)37-7)15-30-27(36)23-13-21(29)14-25(18(23)3)32-19(4)20-8-10-22(11-9-20)34(5)6/h12-14,19-20,22,32H,8-11,15H2,1-7H3,(H,30,36)/t19?,20-,22-. The van der Waals surface area contributed by atoms with Crippen molar-refractivity contribution in [3.8, 4) is 5.88 Å². The molecule has 0 spiro atoms. The van der Waals surface area contributed by atoms with Gasteiger partial charge in [-0.1, -0.05) is 11.6 Å². The Labute approximate surface area is 224 Å². The molecule has 1 aliphatic rings. The number of nitrogens with zero attached hydrogens (tertiary/aromatic N) is 4. The summed E-state index contributed by atoms with van der Waals surface area (Å²) in [6.07, 6.45) is 4.82. The summed E-state index contributed by atoms with van der Waals surface area (Å²) >= 11 is 6.48. The van der Waals surface area contributed by atoms with Crippen LogP contribution in [0, 0.1) is 26.7 Å². The minimum Gasteiger partial charge on any atom is -0.480 e. The van der Waals surface area contributed by atoms with Gasteiger partial charge < -0.3 is 20.3 Å². The summed E-state index contributed by atoms with van der Waals surface area (Å²) in [6, 6.07) is 6.56. The predicted molar refractivity (Wildman–Crippen MR) is 149 cm³/mol. The Morgan fingerprint density at radius 1 is 1.19 bits per heavy atom. The molecular weight excluding hydrogens is 488 g/mol. The van der Waals surface area contributed by atoms with E-state index in [2.05, 4.69) is 46.6 Å². The summed E-state index contributed by atoms with van der Waals surface area (Å²) in [5, 5.41) is 11.7. The van der Waals surface area contributed by atoms with Crippen molar-refractivity contribution in [2.75, 3.05) is 26.5 Å². The smallest absolute Gasteiger partial charge is 0.251 e. The number of hydrogen-bond donors (Lipinski definition) is 2. The third kappa shape index (κ3) is 5.85. The highest BCUT2D eigenvalue weighted by atomic mass is 35.5. The van der Waals surface area contributed by atoms with E-state index in [4.69, 9.17) is 16.3 Å². The molecule has 2 aromatic heterocycles. The third-order valence-electron chi connectivity index (χ3n) is 7.75. The van der Waals surface area contributed by atoms with Gasteiger partial charge in [0.1, 0.15) is 0 Å². The van der Waals surface area contributed by atoms with Gasteiger partial charge in [-0.2, -0.15) is 0 Å². The largest absolute Gasteiger partial charge is 0.480 e. The van der Waals surface area contributed by atoms with E-state index in [0.717, 1.165) is 28.2 Å². The average Bonchev–Trinajstić information content (AvgIpc) is 3.22. The monoisotopic (exact) mass is 526 g/mol. The number of hydrogen-bond acceptors (Lipinski definition) is 6. The Morgan fingerprint density at radius 3 is 2.54 bits per heavy atom. The highest BCUT2D eigenvalue weighted by Crippen LogP contribution is 2.32. The van der Waals surface area contributed by atoms with Crippen LogP contribution in [0.1, 0.15) is 65.5 Å². The van der Waals surface area contributed by atoms with Crippen LogP contribution < -0.4 is 15.4 Å². The lowest BCUT2D eigenvalue weighted by atomic mass is 9.81.